The first-order valence-corrected chi connectivity index (χ1v) is 10.5. The molecule has 2 N–H and O–H groups in total. The molecular formula is C23H24F3N5O. The highest BCUT2D eigenvalue weighted by Crippen LogP contribution is 2.36. The van der Waals surface area contributed by atoms with Crippen molar-refractivity contribution in [3.05, 3.63) is 58.4 Å². The summed E-state index contributed by atoms with van der Waals surface area (Å²) in [7, 11) is 0. The second kappa shape index (κ2) is 8.37. The number of rotatable bonds is 4. The van der Waals surface area contributed by atoms with Crippen molar-refractivity contribution < 1.29 is 18.0 Å². The standard InChI is InChI=1S/C23H24F3N5O/c1-12-17(5-4-6-19(12)23(24,25)26)13(2)29-22-18-9-16(15-7-8-27-20(32)10-15)11-28-21(18)14(3)30-31-22/h4-6,9,11,13,15H,7-8,10H2,1-3H3,(H,27,32)(H,29,31)/t13-,15?/m1/s1. The first kappa shape index (κ1) is 22.0. The Kier molecular flexibility index (Phi) is 5.75. The molecule has 1 amide bonds. The van der Waals surface area contributed by atoms with Crippen LogP contribution in [-0.2, 0) is 11.0 Å². The maximum atomic E-state index is 13.3. The minimum atomic E-state index is -4.42. The molecule has 3 heterocycles. The number of carbonyl (C=O) groups is 1. The molecule has 0 bridgehead atoms. The Morgan fingerprint density at radius 3 is 2.72 bits per heavy atom. The van der Waals surface area contributed by atoms with Gasteiger partial charge in [-0.2, -0.15) is 18.3 Å². The Hall–Kier alpha value is -3.23. The molecular weight excluding hydrogens is 419 g/mol. The summed E-state index contributed by atoms with van der Waals surface area (Å²) < 4.78 is 40.0. The van der Waals surface area contributed by atoms with Crippen molar-refractivity contribution >= 4 is 22.6 Å². The highest BCUT2D eigenvalue weighted by atomic mass is 19.4. The van der Waals surface area contributed by atoms with Crippen molar-refractivity contribution in [2.24, 2.45) is 0 Å². The van der Waals surface area contributed by atoms with Gasteiger partial charge in [0.1, 0.15) is 0 Å². The second-order valence-corrected chi connectivity index (χ2v) is 8.22. The summed E-state index contributed by atoms with van der Waals surface area (Å²) in [6.07, 6.45) is -1.43. The molecule has 0 radical (unpaired) electrons. The van der Waals surface area contributed by atoms with Gasteiger partial charge in [0, 0.05) is 24.5 Å². The molecule has 2 aromatic heterocycles. The third-order valence-corrected chi connectivity index (χ3v) is 6.03. The van der Waals surface area contributed by atoms with Crippen LogP contribution in [0, 0.1) is 13.8 Å². The fourth-order valence-corrected chi connectivity index (χ4v) is 4.29. The summed E-state index contributed by atoms with van der Waals surface area (Å²) in [5.41, 5.74) is 2.31. The molecule has 0 aliphatic carbocycles. The van der Waals surface area contributed by atoms with Crippen LogP contribution in [0.5, 0.6) is 0 Å². The molecule has 1 saturated heterocycles. The third-order valence-electron chi connectivity index (χ3n) is 6.03. The summed E-state index contributed by atoms with van der Waals surface area (Å²) >= 11 is 0. The van der Waals surface area contributed by atoms with Crippen LogP contribution in [0.3, 0.4) is 0 Å². The van der Waals surface area contributed by atoms with Gasteiger partial charge in [-0.25, -0.2) is 0 Å². The molecule has 4 rings (SSSR count). The molecule has 1 aromatic carbocycles. The van der Waals surface area contributed by atoms with E-state index in [1.54, 1.807) is 26.1 Å². The van der Waals surface area contributed by atoms with E-state index in [0.29, 0.717) is 35.6 Å². The van der Waals surface area contributed by atoms with Crippen LogP contribution in [0.15, 0.2) is 30.5 Å². The predicted octanol–water partition coefficient (Wildman–Crippen LogP) is 4.83. The van der Waals surface area contributed by atoms with E-state index < -0.39 is 17.8 Å². The summed E-state index contributed by atoms with van der Waals surface area (Å²) in [6, 6.07) is 5.69. The summed E-state index contributed by atoms with van der Waals surface area (Å²) in [5, 5.41) is 15.2. The van der Waals surface area contributed by atoms with Crippen molar-refractivity contribution in [3.8, 4) is 0 Å². The van der Waals surface area contributed by atoms with E-state index in [1.807, 2.05) is 6.07 Å². The van der Waals surface area contributed by atoms with Gasteiger partial charge >= 0.3 is 6.18 Å². The van der Waals surface area contributed by atoms with Crippen LogP contribution in [0.2, 0.25) is 0 Å². The number of alkyl halides is 3. The SMILES string of the molecule is Cc1c([C@@H](C)Nc2nnc(C)c3ncc(C4CCNC(=O)C4)cc23)cccc1C(F)(F)F. The van der Waals surface area contributed by atoms with Gasteiger partial charge in [0.15, 0.2) is 5.82 Å². The van der Waals surface area contributed by atoms with E-state index in [2.05, 4.69) is 25.8 Å². The highest BCUT2D eigenvalue weighted by Gasteiger charge is 2.33. The minimum absolute atomic E-state index is 0.0115. The number of benzene rings is 1. The number of nitrogens with zero attached hydrogens (tertiary/aromatic N) is 3. The maximum Gasteiger partial charge on any atom is 0.416 e. The van der Waals surface area contributed by atoms with E-state index in [-0.39, 0.29) is 17.4 Å². The van der Waals surface area contributed by atoms with Crippen LogP contribution in [0.1, 0.15) is 59.7 Å². The van der Waals surface area contributed by atoms with E-state index in [0.717, 1.165) is 23.4 Å². The fraction of sp³-hybridized carbons (Fsp3) is 0.391. The molecule has 3 aromatic rings. The zero-order valence-electron chi connectivity index (χ0n) is 18.0. The molecule has 1 aliphatic heterocycles. The van der Waals surface area contributed by atoms with Crippen molar-refractivity contribution in [1.82, 2.24) is 20.5 Å². The number of aryl methyl sites for hydroxylation is 1. The van der Waals surface area contributed by atoms with Gasteiger partial charge in [0.2, 0.25) is 5.91 Å². The van der Waals surface area contributed by atoms with Crippen molar-refractivity contribution in [2.45, 2.75) is 51.7 Å². The van der Waals surface area contributed by atoms with E-state index in [1.165, 1.54) is 13.0 Å². The molecule has 32 heavy (non-hydrogen) atoms. The quantitative estimate of drug-likeness (QED) is 0.604. The molecule has 0 spiro atoms. The largest absolute Gasteiger partial charge is 0.416 e. The zero-order chi connectivity index (χ0) is 23.0. The van der Waals surface area contributed by atoms with Gasteiger partial charge in [-0.3, -0.25) is 9.78 Å². The minimum Gasteiger partial charge on any atom is -0.361 e. The average Bonchev–Trinajstić information content (AvgIpc) is 2.74. The highest BCUT2D eigenvalue weighted by molar-refractivity contribution is 5.91. The normalized spacial score (nSPS) is 17.8. The maximum absolute atomic E-state index is 13.3. The van der Waals surface area contributed by atoms with Crippen LogP contribution in [0.4, 0.5) is 19.0 Å². The van der Waals surface area contributed by atoms with Gasteiger partial charge < -0.3 is 10.6 Å². The molecule has 2 atom stereocenters. The Balaban J connectivity index is 1.71. The molecule has 1 unspecified atom stereocenters. The lowest BCUT2D eigenvalue weighted by atomic mass is 9.90. The van der Waals surface area contributed by atoms with Gasteiger partial charge in [-0.05, 0) is 61.9 Å². The van der Waals surface area contributed by atoms with Gasteiger partial charge in [-0.15, -0.1) is 5.10 Å². The zero-order valence-corrected chi connectivity index (χ0v) is 18.0. The summed E-state index contributed by atoms with van der Waals surface area (Å²) in [4.78, 5) is 16.4. The number of piperidine rings is 1. The van der Waals surface area contributed by atoms with E-state index in [4.69, 9.17) is 0 Å². The van der Waals surface area contributed by atoms with Crippen LogP contribution < -0.4 is 10.6 Å². The lowest BCUT2D eigenvalue weighted by Gasteiger charge is -2.23. The Bertz CT molecular complexity index is 1180. The number of hydrogen-bond acceptors (Lipinski definition) is 5. The number of anilines is 1. The Morgan fingerprint density at radius 1 is 1.22 bits per heavy atom. The topological polar surface area (TPSA) is 79.8 Å². The predicted molar refractivity (Wildman–Crippen MR) is 115 cm³/mol. The molecule has 6 nitrogen and oxygen atoms in total. The number of carbonyl (C=O) groups excluding carboxylic acids is 1. The van der Waals surface area contributed by atoms with Crippen molar-refractivity contribution in [2.75, 3.05) is 11.9 Å². The Morgan fingerprint density at radius 2 is 2.00 bits per heavy atom. The van der Waals surface area contributed by atoms with Crippen LogP contribution in [-0.4, -0.2) is 27.6 Å². The number of nitrogens with one attached hydrogen (secondary N) is 2. The number of fused-ring (bicyclic) bond motifs is 1. The number of halogens is 3. The monoisotopic (exact) mass is 443 g/mol. The summed E-state index contributed by atoms with van der Waals surface area (Å²) in [6.45, 7) is 5.69. The Labute approximate surface area is 183 Å². The number of amides is 1. The van der Waals surface area contributed by atoms with Crippen LogP contribution >= 0.6 is 0 Å². The third kappa shape index (κ3) is 4.24. The van der Waals surface area contributed by atoms with Crippen molar-refractivity contribution in [3.63, 3.8) is 0 Å². The van der Waals surface area contributed by atoms with Gasteiger partial charge in [0.25, 0.3) is 0 Å². The van der Waals surface area contributed by atoms with Crippen LogP contribution in [0.25, 0.3) is 10.9 Å². The molecule has 0 saturated carbocycles. The first-order chi connectivity index (χ1) is 15.1. The number of hydrogen-bond donors (Lipinski definition) is 2. The molecule has 1 fully saturated rings. The fourth-order valence-electron chi connectivity index (χ4n) is 4.29. The van der Waals surface area contributed by atoms with E-state index in [9.17, 15) is 18.0 Å². The average molecular weight is 443 g/mol. The van der Waals surface area contributed by atoms with Crippen molar-refractivity contribution in [1.29, 1.82) is 0 Å². The lowest BCUT2D eigenvalue weighted by Crippen LogP contribution is -2.32. The smallest absolute Gasteiger partial charge is 0.361 e. The number of aromatic nitrogens is 3. The lowest BCUT2D eigenvalue weighted by molar-refractivity contribution is -0.138. The van der Waals surface area contributed by atoms with Gasteiger partial charge in [-0.1, -0.05) is 12.1 Å². The summed E-state index contributed by atoms with van der Waals surface area (Å²) in [5.74, 6) is 0.520. The number of pyridine rings is 1. The van der Waals surface area contributed by atoms with Gasteiger partial charge in [0.05, 0.1) is 22.8 Å². The molecule has 9 heteroatoms. The second-order valence-electron chi connectivity index (χ2n) is 8.22. The molecule has 168 valence electrons. The first-order valence-electron chi connectivity index (χ1n) is 10.5. The van der Waals surface area contributed by atoms with E-state index >= 15 is 0 Å². The molecule has 1 aliphatic rings.